The number of hydrogen-bond acceptors (Lipinski definition) is 5. The molecule has 1 unspecified atom stereocenters. The highest BCUT2D eigenvalue weighted by Crippen LogP contribution is 2.03. The van der Waals surface area contributed by atoms with Crippen LogP contribution < -0.4 is 5.32 Å². The number of likely N-dealkylation sites (N-methyl/N-ethyl adjacent to an activating group) is 1. The molecule has 1 N–H and O–H groups in total. The van der Waals surface area contributed by atoms with Crippen molar-refractivity contribution in [1.82, 2.24) is 10.2 Å². The van der Waals surface area contributed by atoms with E-state index in [9.17, 15) is 9.00 Å². The second-order valence-corrected chi connectivity index (χ2v) is 5.77. The summed E-state index contributed by atoms with van der Waals surface area (Å²) in [6.07, 6.45) is 0.738. The Bertz CT molecular complexity index is 263. The Morgan fingerprint density at radius 2 is 2.12 bits per heavy atom. The number of nitrogens with one attached hydrogen (secondary N) is 1. The van der Waals surface area contributed by atoms with Gasteiger partial charge in [0.25, 0.3) is 0 Å². The van der Waals surface area contributed by atoms with Gasteiger partial charge in [0.2, 0.25) is 0 Å². The van der Waals surface area contributed by atoms with Crippen LogP contribution in [0.1, 0.15) is 13.3 Å². The van der Waals surface area contributed by atoms with Crippen LogP contribution in [0.5, 0.6) is 0 Å². The molecule has 5 nitrogen and oxygen atoms in total. The maximum Gasteiger partial charge on any atom is 0.323 e. The highest BCUT2D eigenvalue weighted by atomic mass is 32.2. The first-order valence-corrected chi connectivity index (χ1v) is 7.57. The summed E-state index contributed by atoms with van der Waals surface area (Å²) in [4.78, 5) is 13.8. The normalized spacial score (nSPS) is 20.1. The van der Waals surface area contributed by atoms with E-state index in [2.05, 4.69) is 10.2 Å². The molecule has 1 rings (SSSR count). The molecule has 100 valence electrons. The lowest BCUT2D eigenvalue weighted by Crippen LogP contribution is -2.43. The topological polar surface area (TPSA) is 58.6 Å². The molecule has 6 heteroatoms. The van der Waals surface area contributed by atoms with Gasteiger partial charge >= 0.3 is 5.97 Å². The fraction of sp³-hybridized carbons (Fsp3) is 0.909. The minimum Gasteiger partial charge on any atom is -0.465 e. The van der Waals surface area contributed by atoms with Gasteiger partial charge in [-0.3, -0.25) is 9.00 Å². The lowest BCUT2D eigenvalue weighted by Gasteiger charge is -2.27. The number of hydrogen-bond donors (Lipinski definition) is 1. The zero-order valence-corrected chi connectivity index (χ0v) is 11.4. The van der Waals surface area contributed by atoms with E-state index in [1.807, 2.05) is 6.92 Å². The molecule has 0 aromatic rings. The third-order valence-electron chi connectivity index (χ3n) is 2.92. The first-order valence-electron chi connectivity index (χ1n) is 6.08. The van der Waals surface area contributed by atoms with Crippen molar-refractivity contribution >= 4 is 16.8 Å². The van der Waals surface area contributed by atoms with Gasteiger partial charge in [-0.15, -0.1) is 0 Å². The molecule has 0 amide bonds. The number of ether oxygens (including phenoxy) is 1. The minimum atomic E-state index is -0.638. The molecule has 0 spiro atoms. The molecule has 0 saturated carbocycles. The number of carbonyl (C=O) groups is 1. The fourth-order valence-electron chi connectivity index (χ4n) is 1.83. The first-order chi connectivity index (χ1) is 8.17. The maximum atomic E-state index is 11.5. The van der Waals surface area contributed by atoms with Crippen LogP contribution >= 0.6 is 0 Å². The van der Waals surface area contributed by atoms with E-state index >= 15 is 0 Å². The van der Waals surface area contributed by atoms with Gasteiger partial charge in [0.1, 0.15) is 6.04 Å². The Morgan fingerprint density at radius 1 is 1.47 bits per heavy atom. The van der Waals surface area contributed by atoms with E-state index < -0.39 is 10.8 Å². The van der Waals surface area contributed by atoms with Crippen LogP contribution in [-0.2, 0) is 20.3 Å². The highest BCUT2D eigenvalue weighted by molar-refractivity contribution is 7.85. The zero-order chi connectivity index (χ0) is 12.7. The molecular formula is C11H22N2O3S. The summed E-state index contributed by atoms with van der Waals surface area (Å²) >= 11 is 0. The van der Waals surface area contributed by atoms with Crippen molar-refractivity contribution in [3.63, 3.8) is 0 Å². The summed E-state index contributed by atoms with van der Waals surface area (Å²) < 4.78 is 16.2. The molecule has 0 aromatic carbocycles. The Morgan fingerprint density at radius 3 is 2.65 bits per heavy atom. The standard InChI is InChI=1S/C11H22N2O3S/c1-3-16-11(14)10(12-2)4-5-13-6-8-17(15)9-7-13/h10,12H,3-9H2,1-2H3. The largest absolute Gasteiger partial charge is 0.465 e. The van der Waals surface area contributed by atoms with Crippen LogP contribution in [0, 0.1) is 0 Å². The van der Waals surface area contributed by atoms with Gasteiger partial charge in [-0.1, -0.05) is 0 Å². The van der Waals surface area contributed by atoms with Gasteiger partial charge in [0.15, 0.2) is 0 Å². The molecular weight excluding hydrogens is 240 g/mol. The number of rotatable bonds is 6. The second kappa shape index (κ2) is 7.79. The van der Waals surface area contributed by atoms with Crippen LogP contribution in [0.3, 0.4) is 0 Å². The van der Waals surface area contributed by atoms with Crippen molar-refractivity contribution in [1.29, 1.82) is 0 Å². The van der Waals surface area contributed by atoms with E-state index in [4.69, 9.17) is 4.74 Å². The van der Waals surface area contributed by atoms with E-state index in [1.54, 1.807) is 7.05 Å². The lowest BCUT2D eigenvalue weighted by molar-refractivity contribution is -0.145. The third-order valence-corrected chi connectivity index (χ3v) is 4.20. The Kier molecular flexibility index (Phi) is 6.69. The summed E-state index contributed by atoms with van der Waals surface area (Å²) in [5.74, 6) is 1.32. The van der Waals surface area contributed by atoms with Crippen LogP contribution in [0.15, 0.2) is 0 Å². The fourth-order valence-corrected chi connectivity index (χ4v) is 2.96. The van der Waals surface area contributed by atoms with E-state index in [0.29, 0.717) is 6.61 Å². The first kappa shape index (κ1) is 14.6. The minimum absolute atomic E-state index is 0.185. The Balaban J connectivity index is 2.27. The number of nitrogens with zero attached hydrogens (tertiary/aromatic N) is 1. The number of esters is 1. The summed E-state index contributed by atoms with van der Waals surface area (Å²) in [5, 5.41) is 2.97. The third kappa shape index (κ3) is 5.14. The molecule has 1 heterocycles. The van der Waals surface area contributed by atoms with Crippen molar-refractivity contribution in [3.8, 4) is 0 Å². The molecule has 1 aliphatic rings. The van der Waals surface area contributed by atoms with Crippen molar-refractivity contribution in [2.45, 2.75) is 19.4 Å². The molecule has 0 aromatic heterocycles. The van der Waals surface area contributed by atoms with Crippen molar-refractivity contribution in [3.05, 3.63) is 0 Å². The molecule has 0 aliphatic carbocycles. The lowest BCUT2D eigenvalue weighted by atomic mass is 10.2. The SMILES string of the molecule is CCOC(=O)C(CCN1CCS(=O)CC1)NC. The average Bonchev–Trinajstić information content (AvgIpc) is 2.32. The van der Waals surface area contributed by atoms with E-state index in [1.165, 1.54) is 0 Å². The average molecular weight is 262 g/mol. The van der Waals surface area contributed by atoms with Gasteiger partial charge in [0, 0.05) is 41.9 Å². The van der Waals surface area contributed by atoms with Gasteiger partial charge < -0.3 is 15.0 Å². The second-order valence-electron chi connectivity index (χ2n) is 4.07. The van der Waals surface area contributed by atoms with Crippen molar-refractivity contribution in [2.24, 2.45) is 0 Å². The molecule has 1 fully saturated rings. The van der Waals surface area contributed by atoms with Crippen LogP contribution in [0.25, 0.3) is 0 Å². The van der Waals surface area contributed by atoms with Crippen molar-refractivity contribution < 1.29 is 13.7 Å². The zero-order valence-electron chi connectivity index (χ0n) is 10.6. The molecule has 1 aliphatic heterocycles. The molecule has 1 saturated heterocycles. The summed E-state index contributed by atoms with van der Waals surface area (Å²) in [5.41, 5.74) is 0. The molecule has 0 bridgehead atoms. The summed E-state index contributed by atoms with van der Waals surface area (Å²) in [7, 11) is 1.13. The summed E-state index contributed by atoms with van der Waals surface area (Å²) in [6, 6.07) is -0.234. The van der Waals surface area contributed by atoms with Crippen molar-refractivity contribution in [2.75, 3.05) is 44.8 Å². The van der Waals surface area contributed by atoms with E-state index in [0.717, 1.165) is 37.6 Å². The summed E-state index contributed by atoms with van der Waals surface area (Å²) in [6.45, 7) is 4.81. The van der Waals surface area contributed by atoms with Gasteiger partial charge in [-0.25, -0.2) is 0 Å². The predicted molar refractivity (Wildman–Crippen MR) is 68.4 cm³/mol. The van der Waals surface area contributed by atoms with Gasteiger partial charge in [0.05, 0.1) is 6.61 Å². The predicted octanol–water partition coefficient (Wildman–Crippen LogP) is -0.408. The monoisotopic (exact) mass is 262 g/mol. The molecule has 1 atom stereocenters. The van der Waals surface area contributed by atoms with Crippen LogP contribution in [-0.4, -0.2) is 65.9 Å². The van der Waals surface area contributed by atoms with Gasteiger partial charge in [-0.05, 0) is 20.4 Å². The molecule has 0 radical (unpaired) electrons. The molecule has 17 heavy (non-hydrogen) atoms. The van der Waals surface area contributed by atoms with Crippen LogP contribution in [0.4, 0.5) is 0 Å². The Labute approximate surface area is 105 Å². The highest BCUT2D eigenvalue weighted by Gasteiger charge is 2.20. The van der Waals surface area contributed by atoms with E-state index in [-0.39, 0.29) is 12.0 Å². The maximum absolute atomic E-state index is 11.5. The smallest absolute Gasteiger partial charge is 0.323 e. The quantitative estimate of drug-likeness (QED) is 0.660. The van der Waals surface area contributed by atoms with Crippen LogP contribution in [0.2, 0.25) is 0 Å². The van der Waals surface area contributed by atoms with Gasteiger partial charge in [-0.2, -0.15) is 0 Å². The Hall–Kier alpha value is -0.460. The number of carbonyl (C=O) groups excluding carboxylic acids is 1.